The van der Waals surface area contributed by atoms with Crippen molar-refractivity contribution in [2.24, 2.45) is 0 Å². The number of hydrogen-bond donors (Lipinski definition) is 2. The minimum absolute atomic E-state index is 0. The number of rotatable bonds is 11. The Morgan fingerprint density at radius 2 is 1.90 bits per heavy atom. The molecule has 0 atom stereocenters. The van der Waals surface area contributed by atoms with Crippen LogP contribution >= 0.6 is 11.8 Å². The summed E-state index contributed by atoms with van der Waals surface area (Å²) in [4.78, 5) is 3.54. The van der Waals surface area contributed by atoms with Crippen molar-refractivity contribution < 1.29 is 50.6 Å². The molecule has 1 radical (unpaired) electrons. The van der Waals surface area contributed by atoms with Crippen LogP contribution in [-0.4, -0.2) is 61.2 Å². The summed E-state index contributed by atoms with van der Waals surface area (Å²) in [6.07, 6.45) is 1.94. The summed E-state index contributed by atoms with van der Waals surface area (Å²) in [5.41, 5.74) is 10.1. The summed E-state index contributed by atoms with van der Waals surface area (Å²) in [5.74, 6) is 6.62. The van der Waals surface area contributed by atoms with E-state index in [-0.39, 0.29) is 45.3 Å². The molecule has 6 nitrogen and oxygen atoms in total. The standard InChI is InChI=1S/C30H37F3N5OS.Y/c1-4-5-16-37-17-13-22(14-18-37)35-36-26-9-6-10-28-25(26)19-23(38(28)21-30(31,32)33)8-7-15-34-27-12-11-24(40-3)20-29(27)39-2;/h6,9-12,19-20,22,34,36H,4-5,13-18,21H2,1-3H3;/q-1;. The van der Waals surface area contributed by atoms with Gasteiger partial charge in [-0.15, -0.1) is 17.8 Å². The van der Waals surface area contributed by atoms with Gasteiger partial charge in [0, 0.05) is 48.7 Å². The first-order valence-corrected chi connectivity index (χ1v) is 14.9. The van der Waals surface area contributed by atoms with Gasteiger partial charge < -0.3 is 30.4 Å². The predicted molar refractivity (Wildman–Crippen MR) is 159 cm³/mol. The van der Waals surface area contributed by atoms with E-state index in [9.17, 15) is 13.2 Å². The quantitative estimate of drug-likeness (QED) is 0.128. The summed E-state index contributed by atoms with van der Waals surface area (Å²) in [5, 5.41) is 3.87. The van der Waals surface area contributed by atoms with Crippen LogP contribution in [0.15, 0.2) is 47.4 Å². The first kappa shape index (κ1) is 33.6. The number of likely N-dealkylation sites (tertiary alicyclic amines) is 1. The van der Waals surface area contributed by atoms with Crippen molar-refractivity contribution in [2.45, 2.75) is 56.3 Å². The van der Waals surface area contributed by atoms with Gasteiger partial charge in [0.05, 0.1) is 30.6 Å². The van der Waals surface area contributed by atoms with Crippen LogP contribution in [-0.2, 0) is 39.3 Å². The summed E-state index contributed by atoms with van der Waals surface area (Å²) in [7, 11) is 1.60. The van der Waals surface area contributed by atoms with Crippen LogP contribution in [0.1, 0.15) is 38.3 Å². The molecule has 1 saturated heterocycles. The Morgan fingerprint density at radius 3 is 2.59 bits per heavy atom. The number of methoxy groups -OCH3 is 1. The fourth-order valence-electron chi connectivity index (χ4n) is 4.87. The van der Waals surface area contributed by atoms with Gasteiger partial charge in [0.1, 0.15) is 12.3 Å². The molecule has 0 spiro atoms. The molecule has 1 fully saturated rings. The number of unbranched alkanes of at least 4 members (excludes halogenated alkanes) is 1. The van der Waals surface area contributed by atoms with E-state index in [0.717, 1.165) is 43.1 Å². The van der Waals surface area contributed by atoms with Gasteiger partial charge in [0.15, 0.2) is 0 Å². The third kappa shape index (κ3) is 9.55. The van der Waals surface area contributed by atoms with Crippen molar-refractivity contribution in [1.29, 1.82) is 0 Å². The van der Waals surface area contributed by atoms with Crippen molar-refractivity contribution in [3.63, 3.8) is 0 Å². The Bertz CT molecular complexity index is 1330. The molecule has 41 heavy (non-hydrogen) atoms. The van der Waals surface area contributed by atoms with Gasteiger partial charge in [0.25, 0.3) is 0 Å². The Balaban J connectivity index is 0.00000462. The molecule has 0 saturated carbocycles. The first-order valence-electron chi connectivity index (χ1n) is 13.6. The largest absolute Gasteiger partial charge is 0.568 e. The van der Waals surface area contributed by atoms with Crippen LogP contribution in [0.25, 0.3) is 16.3 Å². The van der Waals surface area contributed by atoms with Crippen molar-refractivity contribution in [1.82, 2.24) is 9.47 Å². The Morgan fingerprint density at radius 1 is 1.12 bits per heavy atom. The molecular weight excluding hydrogens is 624 g/mol. The second-order valence-electron chi connectivity index (χ2n) is 9.86. The van der Waals surface area contributed by atoms with E-state index in [1.807, 2.05) is 30.5 Å². The number of benzene rings is 2. The van der Waals surface area contributed by atoms with Crippen LogP contribution in [0, 0.1) is 11.8 Å². The smallest absolute Gasteiger partial charge is 0.406 e. The molecule has 2 N–H and O–H groups in total. The first-order chi connectivity index (χ1) is 19.3. The number of ether oxygens (including phenoxy) is 1. The van der Waals surface area contributed by atoms with E-state index in [1.165, 1.54) is 17.4 Å². The molecule has 1 aliphatic rings. The van der Waals surface area contributed by atoms with Gasteiger partial charge in [-0.1, -0.05) is 38.2 Å². The van der Waals surface area contributed by atoms with Crippen molar-refractivity contribution in [3.8, 4) is 17.6 Å². The molecule has 1 aromatic heterocycles. The molecule has 0 bridgehead atoms. The van der Waals surface area contributed by atoms with Gasteiger partial charge in [-0.25, -0.2) is 0 Å². The monoisotopic (exact) mass is 661 g/mol. The Labute approximate surface area is 270 Å². The summed E-state index contributed by atoms with van der Waals surface area (Å²) in [6, 6.07) is 13.0. The SMILES string of the molecule is CCCCN1CCC([N-]Nc2cccc3c2cc(C#CCNc2ccc(SC)cc2OC)n3CC(F)(F)F)CC1.[Y]. The Kier molecular flexibility index (Phi) is 13.2. The molecule has 0 unspecified atom stereocenters. The van der Waals surface area contributed by atoms with Gasteiger partial charge in [-0.3, -0.25) is 0 Å². The predicted octanol–water partition coefficient (Wildman–Crippen LogP) is 7.36. The number of halogens is 3. The minimum Gasteiger partial charge on any atom is -0.568 e. The third-order valence-electron chi connectivity index (χ3n) is 7.03. The Hall–Kier alpha value is -1.90. The van der Waals surface area contributed by atoms with E-state index in [2.05, 4.69) is 34.4 Å². The number of anilines is 2. The molecule has 1 aliphatic heterocycles. The van der Waals surface area contributed by atoms with E-state index in [1.54, 1.807) is 37.1 Å². The number of nitrogens with one attached hydrogen (secondary N) is 2. The molecule has 2 aromatic carbocycles. The van der Waals surface area contributed by atoms with Gasteiger partial charge in [-0.2, -0.15) is 13.2 Å². The molecule has 0 amide bonds. The zero-order valence-corrected chi connectivity index (χ0v) is 27.5. The number of nitrogens with zero attached hydrogens (tertiary/aromatic N) is 3. The third-order valence-corrected chi connectivity index (χ3v) is 7.75. The van der Waals surface area contributed by atoms with E-state index < -0.39 is 12.7 Å². The average molecular weight is 662 g/mol. The van der Waals surface area contributed by atoms with E-state index in [0.29, 0.717) is 28.0 Å². The summed E-state index contributed by atoms with van der Waals surface area (Å²) in [6.45, 7) is 4.49. The van der Waals surface area contributed by atoms with Crippen LogP contribution in [0.3, 0.4) is 0 Å². The molecular formula is C30H37F3N5OSY-. The zero-order chi connectivity index (χ0) is 28.5. The normalized spacial score (nSPS) is 14.3. The summed E-state index contributed by atoms with van der Waals surface area (Å²) < 4.78 is 47.3. The van der Waals surface area contributed by atoms with Crippen molar-refractivity contribution >= 4 is 34.0 Å². The molecule has 3 aromatic rings. The second kappa shape index (κ2) is 16.1. The average Bonchev–Trinajstić information content (AvgIpc) is 3.29. The number of piperidine rings is 1. The van der Waals surface area contributed by atoms with Crippen molar-refractivity contribution in [3.05, 3.63) is 53.6 Å². The van der Waals surface area contributed by atoms with E-state index >= 15 is 0 Å². The van der Waals surface area contributed by atoms with Crippen LogP contribution in [0.5, 0.6) is 5.75 Å². The van der Waals surface area contributed by atoms with Crippen LogP contribution in [0.2, 0.25) is 0 Å². The van der Waals surface area contributed by atoms with Crippen molar-refractivity contribution in [2.75, 3.05) is 50.3 Å². The molecule has 2 heterocycles. The fraction of sp³-hybridized carbons (Fsp3) is 0.467. The number of hydrogen-bond acceptors (Lipinski definition) is 5. The molecule has 4 rings (SSSR count). The van der Waals surface area contributed by atoms with Crippen LogP contribution in [0.4, 0.5) is 24.5 Å². The van der Waals surface area contributed by atoms with Gasteiger partial charge >= 0.3 is 6.18 Å². The maximum Gasteiger partial charge on any atom is 0.406 e. The fourth-order valence-corrected chi connectivity index (χ4v) is 5.30. The zero-order valence-electron chi connectivity index (χ0n) is 23.9. The number of aromatic nitrogens is 1. The van der Waals surface area contributed by atoms with Gasteiger partial charge in [-0.05, 0) is 74.6 Å². The number of fused-ring (bicyclic) bond motifs is 1. The van der Waals surface area contributed by atoms with Gasteiger partial charge in [0.2, 0.25) is 0 Å². The minimum atomic E-state index is -4.38. The molecule has 0 aliphatic carbocycles. The maximum atomic E-state index is 13.5. The van der Waals surface area contributed by atoms with Crippen LogP contribution < -0.4 is 15.5 Å². The maximum absolute atomic E-state index is 13.5. The second-order valence-corrected chi connectivity index (χ2v) is 10.7. The number of thioether (sulfide) groups is 1. The molecule has 219 valence electrons. The summed E-state index contributed by atoms with van der Waals surface area (Å²) >= 11 is 1.61. The molecule has 11 heteroatoms. The topological polar surface area (TPSA) is 55.6 Å². The number of alkyl halides is 3. The van der Waals surface area contributed by atoms with E-state index in [4.69, 9.17) is 10.2 Å².